The number of carbonyl (C=O) groups excluding carboxylic acids is 3. The van der Waals surface area contributed by atoms with Gasteiger partial charge in [-0.2, -0.15) is 0 Å². The fourth-order valence-electron chi connectivity index (χ4n) is 3.60. The van der Waals surface area contributed by atoms with Crippen molar-refractivity contribution in [3.8, 4) is 0 Å². The van der Waals surface area contributed by atoms with Crippen LogP contribution in [-0.4, -0.2) is 59.7 Å². The highest BCUT2D eigenvalue weighted by molar-refractivity contribution is 6.06. The number of imide groups is 1. The van der Waals surface area contributed by atoms with Crippen LogP contribution >= 0.6 is 0 Å². The van der Waals surface area contributed by atoms with Crippen molar-refractivity contribution in [2.75, 3.05) is 31.1 Å². The molecule has 3 rings (SSSR count). The van der Waals surface area contributed by atoms with Gasteiger partial charge in [-0.25, -0.2) is 0 Å². The summed E-state index contributed by atoms with van der Waals surface area (Å²) in [7, 11) is 0. The number of amides is 3. The van der Waals surface area contributed by atoms with Crippen LogP contribution in [0.5, 0.6) is 0 Å². The van der Waals surface area contributed by atoms with E-state index in [4.69, 9.17) is 0 Å². The van der Waals surface area contributed by atoms with Gasteiger partial charge in [-0.3, -0.25) is 19.3 Å². The number of likely N-dealkylation sites (tertiary alicyclic amines) is 1. The highest BCUT2D eigenvalue weighted by Gasteiger charge is 2.42. The van der Waals surface area contributed by atoms with Crippen LogP contribution in [0.25, 0.3) is 0 Å². The van der Waals surface area contributed by atoms with Crippen molar-refractivity contribution in [2.24, 2.45) is 5.92 Å². The van der Waals surface area contributed by atoms with Crippen LogP contribution in [0, 0.1) is 12.8 Å². The largest absolute Gasteiger partial charge is 0.368 e. The van der Waals surface area contributed by atoms with E-state index in [0.717, 1.165) is 18.0 Å². The van der Waals surface area contributed by atoms with E-state index < -0.39 is 6.04 Å². The molecule has 1 aromatic carbocycles. The molecule has 3 amide bonds. The second-order valence-corrected chi connectivity index (χ2v) is 7.03. The van der Waals surface area contributed by atoms with Crippen molar-refractivity contribution in [2.45, 2.75) is 33.2 Å². The molecular weight excluding hydrogens is 318 g/mol. The summed E-state index contributed by atoms with van der Waals surface area (Å²) in [5.74, 6) is -0.929. The standard InChI is InChI=1S/C19H25N3O3/c1-13-5-4-6-16(11-13)20-7-9-21(10-8-20)19(25)15(3)22-17(23)12-14(2)18(22)24/h4-6,11,14-15H,7-10,12H2,1-3H3. The number of anilines is 1. The maximum atomic E-state index is 12.7. The maximum absolute atomic E-state index is 12.7. The molecule has 25 heavy (non-hydrogen) atoms. The first-order valence-corrected chi connectivity index (χ1v) is 8.85. The quantitative estimate of drug-likeness (QED) is 0.779. The number of nitrogens with zero attached hydrogens (tertiary/aromatic N) is 3. The Kier molecular flexibility index (Phi) is 4.79. The lowest BCUT2D eigenvalue weighted by Crippen LogP contribution is -2.55. The minimum absolute atomic E-state index is 0.139. The second-order valence-electron chi connectivity index (χ2n) is 7.03. The molecule has 0 bridgehead atoms. The number of rotatable bonds is 3. The topological polar surface area (TPSA) is 60.9 Å². The lowest BCUT2D eigenvalue weighted by molar-refractivity contribution is -0.150. The Labute approximate surface area is 148 Å². The van der Waals surface area contributed by atoms with Crippen molar-refractivity contribution in [3.63, 3.8) is 0 Å². The van der Waals surface area contributed by atoms with E-state index in [2.05, 4.69) is 30.0 Å². The van der Waals surface area contributed by atoms with Crippen LogP contribution in [0.1, 0.15) is 25.8 Å². The third-order valence-electron chi connectivity index (χ3n) is 5.11. The average Bonchev–Trinajstić information content (AvgIpc) is 2.86. The highest BCUT2D eigenvalue weighted by Crippen LogP contribution is 2.23. The molecule has 1 aromatic rings. The molecule has 2 saturated heterocycles. The van der Waals surface area contributed by atoms with Crippen LogP contribution < -0.4 is 4.90 Å². The Morgan fingerprint density at radius 2 is 1.84 bits per heavy atom. The Hall–Kier alpha value is -2.37. The number of hydrogen-bond acceptors (Lipinski definition) is 4. The normalized spacial score (nSPS) is 22.5. The van der Waals surface area contributed by atoms with E-state index in [1.165, 1.54) is 11.3 Å². The number of aryl methyl sites for hydroxylation is 1. The molecule has 0 aromatic heterocycles. The van der Waals surface area contributed by atoms with Gasteiger partial charge < -0.3 is 9.80 Å². The minimum atomic E-state index is -0.713. The molecule has 0 radical (unpaired) electrons. The van der Waals surface area contributed by atoms with Gasteiger partial charge in [0.05, 0.1) is 0 Å². The Balaban J connectivity index is 1.62. The number of piperazine rings is 1. The first kappa shape index (κ1) is 17.5. The molecule has 2 aliphatic rings. The summed E-state index contributed by atoms with van der Waals surface area (Å²) in [6, 6.07) is 7.61. The fraction of sp³-hybridized carbons (Fsp3) is 0.526. The molecule has 0 N–H and O–H groups in total. The Morgan fingerprint density at radius 1 is 1.16 bits per heavy atom. The van der Waals surface area contributed by atoms with E-state index in [0.29, 0.717) is 13.1 Å². The van der Waals surface area contributed by atoms with Crippen molar-refractivity contribution in [1.82, 2.24) is 9.80 Å². The van der Waals surface area contributed by atoms with Crippen LogP contribution in [0.3, 0.4) is 0 Å². The van der Waals surface area contributed by atoms with Gasteiger partial charge in [0, 0.05) is 44.2 Å². The molecule has 0 saturated carbocycles. The molecule has 134 valence electrons. The zero-order valence-electron chi connectivity index (χ0n) is 15.1. The number of hydrogen-bond donors (Lipinski definition) is 0. The van der Waals surface area contributed by atoms with Gasteiger partial charge in [0.25, 0.3) is 0 Å². The summed E-state index contributed by atoms with van der Waals surface area (Å²) >= 11 is 0. The van der Waals surface area contributed by atoms with Crippen LogP contribution in [-0.2, 0) is 14.4 Å². The summed E-state index contributed by atoms with van der Waals surface area (Å²) in [4.78, 5) is 42.1. The highest BCUT2D eigenvalue weighted by atomic mass is 16.2. The zero-order valence-corrected chi connectivity index (χ0v) is 15.1. The predicted molar refractivity (Wildman–Crippen MR) is 95.1 cm³/mol. The van der Waals surface area contributed by atoms with Gasteiger partial charge in [-0.05, 0) is 31.5 Å². The molecule has 0 spiro atoms. The number of carbonyl (C=O) groups is 3. The molecule has 2 aliphatic heterocycles. The minimum Gasteiger partial charge on any atom is -0.368 e. The van der Waals surface area contributed by atoms with Gasteiger partial charge in [0.15, 0.2) is 0 Å². The Morgan fingerprint density at radius 3 is 2.40 bits per heavy atom. The summed E-state index contributed by atoms with van der Waals surface area (Å²) in [6.45, 7) is 8.16. The third kappa shape index (κ3) is 3.38. The predicted octanol–water partition coefficient (Wildman–Crippen LogP) is 1.43. The summed E-state index contributed by atoms with van der Waals surface area (Å²) in [6.07, 6.45) is 0.206. The number of benzene rings is 1. The molecular formula is C19H25N3O3. The summed E-state index contributed by atoms with van der Waals surface area (Å²) in [5.41, 5.74) is 2.38. The molecule has 6 heteroatoms. The second kappa shape index (κ2) is 6.86. The lowest BCUT2D eigenvalue weighted by atomic mass is 10.1. The average molecular weight is 343 g/mol. The smallest absolute Gasteiger partial charge is 0.245 e. The molecule has 2 fully saturated rings. The fourth-order valence-corrected chi connectivity index (χ4v) is 3.60. The van der Waals surface area contributed by atoms with Crippen LogP contribution in [0.2, 0.25) is 0 Å². The van der Waals surface area contributed by atoms with E-state index in [1.807, 2.05) is 6.07 Å². The van der Waals surface area contributed by atoms with Gasteiger partial charge in [0.2, 0.25) is 17.7 Å². The van der Waals surface area contributed by atoms with E-state index >= 15 is 0 Å². The van der Waals surface area contributed by atoms with Gasteiger partial charge in [-0.15, -0.1) is 0 Å². The zero-order chi connectivity index (χ0) is 18.1. The molecule has 6 nitrogen and oxygen atoms in total. The van der Waals surface area contributed by atoms with Gasteiger partial charge >= 0.3 is 0 Å². The van der Waals surface area contributed by atoms with Crippen molar-refractivity contribution >= 4 is 23.4 Å². The Bertz CT molecular complexity index is 695. The van der Waals surface area contributed by atoms with E-state index in [-0.39, 0.29) is 30.1 Å². The lowest BCUT2D eigenvalue weighted by Gasteiger charge is -2.38. The summed E-state index contributed by atoms with van der Waals surface area (Å²) in [5, 5.41) is 0. The monoisotopic (exact) mass is 343 g/mol. The van der Waals surface area contributed by atoms with E-state index in [9.17, 15) is 14.4 Å². The van der Waals surface area contributed by atoms with Crippen LogP contribution in [0.4, 0.5) is 5.69 Å². The molecule has 2 atom stereocenters. The van der Waals surface area contributed by atoms with Crippen LogP contribution in [0.15, 0.2) is 24.3 Å². The van der Waals surface area contributed by atoms with Crippen molar-refractivity contribution < 1.29 is 14.4 Å². The molecule has 2 heterocycles. The van der Waals surface area contributed by atoms with Crippen molar-refractivity contribution in [3.05, 3.63) is 29.8 Å². The molecule has 0 aliphatic carbocycles. The maximum Gasteiger partial charge on any atom is 0.245 e. The SMILES string of the molecule is Cc1cccc(N2CCN(C(=O)C(C)N3C(=O)CC(C)C3=O)CC2)c1. The first-order valence-electron chi connectivity index (χ1n) is 8.85. The first-order chi connectivity index (χ1) is 11.9. The molecule has 2 unspecified atom stereocenters. The van der Waals surface area contributed by atoms with Crippen molar-refractivity contribution in [1.29, 1.82) is 0 Å². The van der Waals surface area contributed by atoms with Gasteiger partial charge in [0.1, 0.15) is 6.04 Å². The van der Waals surface area contributed by atoms with E-state index in [1.54, 1.807) is 18.7 Å². The summed E-state index contributed by atoms with van der Waals surface area (Å²) < 4.78 is 0. The third-order valence-corrected chi connectivity index (χ3v) is 5.11. The van der Waals surface area contributed by atoms with Gasteiger partial charge in [-0.1, -0.05) is 19.1 Å².